The third kappa shape index (κ3) is 7.06. The lowest BCUT2D eigenvalue weighted by Gasteiger charge is -2.02. The van der Waals surface area contributed by atoms with Gasteiger partial charge < -0.3 is 10.6 Å². The van der Waals surface area contributed by atoms with Crippen LogP contribution in [0.15, 0.2) is 12.7 Å². The molecule has 0 saturated carbocycles. The number of nitrogens with one attached hydrogen (secondary N) is 2. The largest absolute Gasteiger partial charge is 0.351 e. The molecule has 0 fully saturated rings. The Balaban J connectivity index is 3.01. The molecule has 0 atom stereocenters. The van der Waals surface area contributed by atoms with E-state index in [-0.39, 0.29) is 5.91 Å². The molecule has 0 aliphatic carbocycles. The van der Waals surface area contributed by atoms with Crippen molar-refractivity contribution in [2.24, 2.45) is 0 Å². The van der Waals surface area contributed by atoms with Crippen LogP contribution in [0.25, 0.3) is 0 Å². The van der Waals surface area contributed by atoms with Gasteiger partial charge in [0.25, 0.3) is 0 Å². The van der Waals surface area contributed by atoms with E-state index in [4.69, 9.17) is 0 Å². The zero-order valence-electron chi connectivity index (χ0n) is 7.02. The summed E-state index contributed by atoms with van der Waals surface area (Å²) in [4.78, 5) is 10.6. The summed E-state index contributed by atoms with van der Waals surface area (Å²) in [5, 5.41) is 5.84. The number of rotatable bonds is 6. The highest BCUT2D eigenvalue weighted by molar-refractivity contribution is 5.86. The van der Waals surface area contributed by atoms with Crippen LogP contribution in [0, 0.1) is 0 Å². The Morgan fingerprint density at radius 1 is 1.45 bits per heavy atom. The van der Waals surface area contributed by atoms with Crippen LogP contribution in [0.1, 0.15) is 13.3 Å². The number of hydrogen-bond acceptors (Lipinski definition) is 2. The third-order valence-electron chi connectivity index (χ3n) is 1.21. The van der Waals surface area contributed by atoms with Gasteiger partial charge in [-0.3, -0.25) is 4.79 Å². The monoisotopic (exact) mass is 156 g/mol. The number of carbonyl (C=O) groups is 1. The molecule has 0 radical (unpaired) electrons. The average Bonchev–Trinajstić information content (AvgIpc) is 2.04. The van der Waals surface area contributed by atoms with Gasteiger partial charge in [0.05, 0.1) is 0 Å². The van der Waals surface area contributed by atoms with Crippen LogP contribution in [0.4, 0.5) is 0 Å². The van der Waals surface area contributed by atoms with E-state index in [0.29, 0.717) is 6.54 Å². The standard InChI is InChI=1S/C8H16N2O/c1-3-5-9-6-7-10-8(11)4-2/h4,9H,2-3,5-7H2,1H3,(H,10,11). The lowest BCUT2D eigenvalue weighted by molar-refractivity contribution is -0.116. The van der Waals surface area contributed by atoms with E-state index in [1.165, 1.54) is 6.08 Å². The average molecular weight is 156 g/mol. The summed E-state index contributed by atoms with van der Waals surface area (Å²) in [6.07, 6.45) is 2.40. The molecule has 0 saturated heterocycles. The van der Waals surface area contributed by atoms with Crippen LogP contribution in [-0.4, -0.2) is 25.5 Å². The fourth-order valence-corrected chi connectivity index (χ4v) is 0.648. The van der Waals surface area contributed by atoms with Crippen molar-refractivity contribution in [3.05, 3.63) is 12.7 Å². The summed E-state index contributed by atoms with van der Waals surface area (Å²) in [7, 11) is 0. The molecule has 0 bridgehead atoms. The quantitative estimate of drug-likeness (QED) is 0.428. The fourth-order valence-electron chi connectivity index (χ4n) is 0.648. The van der Waals surface area contributed by atoms with Crippen molar-refractivity contribution in [3.8, 4) is 0 Å². The van der Waals surface area contributed by atoms with Crippen LogP contribution in [0.3, 0.4) is 0 Å². The van der Waals surface area contributed by atoms with Gasteiger partial charge in [-0.05, 0) is 19.0 Å². The molecule has 1 amide bonds. The topological polar surface area (TPSA) is 41.1 Å². The Labute approximate surface area is 67.9 Å². The van der Waals surface area contributed by atoms with E-state index in [1.54, 1.807) is 0 Å². The number of amides is 1. The third-order valence-corrected chi connectivity index (χ3v) is 1.21. The maximum absolute atomic E-state index is 10.6. The van der Waals surface area contributed by atoms with Gasteiger partial charge in [-0.15, -0.1) is 0 Å². The molecule has 3 nitrogen and oxygen atoms in total. The van der Waals surface area contributed by atoms with Crippen molar-refractivity contribution in [2.45, 2.75) is 13.3 Å². The van der Waals surface area contributed by atoms with Gasteiger partial charge in [-0.25, -0.2) is 0 Å². The second kappa shape index (κ2) is 7.28. The van der Waals surface area contributed by atoms with Crippen molar-refractivity contribution >= 4 is 5.91 Å². The van der Waals surface area contributed by atoms with Crippen LogP contribution in [-0.2, 0) is 4.79 Å². The molecular formula is C8H16N2O. The second-order valence-corrected chi connectivity index (χ2v) is 2.25. The normalized spacial score (nSPS) is 9.18. The predicted molar refractivity (Wildman–Crippen MR) is 46.4 cm³/mol. The van der Waals surface area contributed by atoms with Crippen molar-refractivity contribution in [3.63, 3.8) is 0 Å². The smallest absolute Gasteiger partial charge is 0.243 e. The maximum atomic E-state index is 10.6. The Hall–Kier alpha value is -0.830. The van der Waals surface area contributed by atoms with Gasteiger partial charge in [-0.2, -0.15) is 0 Å². The molecule has 0 aliphatic heterocycles. The van der Waals surface area contributed by atoms with Gasteiger partial charge >= 0.3 is 0 Å². The summed E-state index contributed by atoms with van der Waals surface area (Å²) in [6, 6.07) is 0. The first-order chi connectivity index (χ1) is 5.31. The second-order valence-electron chi connectivity index (χ2n) is 2.25. The minimum atomic E-state index is -0.108. The highest BCUT2D eigenvalue weighted by Crippen LogP contribution is 1.69. The molecule has 0 aromatic rings. The van der Waals surface area contributed by atoms with Crippen LogP contribution in [0.2, 0.25) is 0 Å². The zero-order chi connectivity index (χ0) is 8.53. The van der Waals surface area contributed by atoms with Gasteiger partial charge in [-0.1, -0.05) is 13.5 Å². The summed E-state index contributed by atoms with van der Waals surface area (Å²) in [6.45, 7) is 7.95. The summed E-state index contributed by atoms with van der Waals surface area (Å²) in [5.41, 5.74) is 0. The van der Waals surface area contributed by atoms with E-state index in [1.807, 2.05) is 0 Å². The van der Waals surface area contributed by atoms with Gasteiger partial charge in [0.1, 0.15) is 0 Å². The molecular weight excluding hydrogens is 140 g/mol. The first-order valence-electron chi connectivity index (χ1n) is 3.92. The molecule has 0 rings (SSSR count). The Bertz CT molecular complexity index is 123. The molecule has 11 heavy (non-hydrogen) atoms. The minimum Gasteiger partial charge on any atom is -0.351 e. The molecule has 64 valence electrons. The fraction of sp³-hybridized carbons (Fsp3) is 0.625. The maximum Gasteiger partial charge on any atom is 0.243 e. The summed E-state index contributed by atoms with van der Waals surface area (Å²) < 4.78 is 0. The molecule has 0 unspecified atom stereocenters. The van der Waals surface area contributed by atoms with E-state index < -0.39 is 0 Å². The lowest BCUT2D eigenvalue weighted by Crippen LogP contribution is -2.30. The van der Waals surface area contributed by atoms with Crippen molar-refractivity contribution in [1.29, 1.82) is 0 Å². The predicted octanol–water partition coefficient (Wildman–Crippen LogP) is 0.288. The van der Waals surface area contributed by atoms with Gasteiger partial charge in [0, 0.05) is 13.1 Å². The van der Waals surface area contributed by atoms with Crippen LogP contribution >= 0.6 is 0 Å². The van der Waals surface area contributed by atoms with Crippen LogP contribution < -0.4 is 10.6 Å². The van der Waals surface area contributed by atoms with Gasteiger partial charge in [0.2, 0.25) is 5.91 Å². The molecule has 0 heterocycles. The number of hydrogen-bond donors (Lipinski definition) is 2. The lowest BCUT2D eigenvalue weighted by atomic mass is 10.4. The highest BCUT2D eigenvalue weighted by atomic mass is 16.1. The summed E-state index contributed by atoms with van der Waals surface area (Å²) in [5.74, 6) is -0.108. The minimum absolute atomic E-state index is 0.108. The molecule has 0 aromatic carbocycles. The van der Waals surface area contributed by atoms with Gasteiger partial charge in [0.15, 0.2) is 0 Å². The molecule has 0 aliphatic rings. The van der Waals surface area contributed by atoms with Crippen molar-refractivity contribution in [2.75, 3.05) is 19.6 Å². The molecule has 2 N–H and O–H groups in total. The van der Waals surface area contributed by atoms with Crippen LogP contribution in [0.5, 0.6) is 0 Å². The summed E-state index contributed by atoms with van der Waals surface area (Å²) >= 11 is 0. The first-order valence-corrected chi connectivity index (χ1v) is 3.92. The van der Waals surface area contributed by atoms with Crippen molar-refractivity contribution < 1.29 is 4.79 Å². The highest BCUT2D eigenvalue weighted by Gasteiger charge is 1.90. The Morgan fingerprint density at radius 3 is 2.73 bits per heavy atom. The Kier molecular flexibility index (Phi) is 6.73. The van der Waals surface area contributed by atoms with E-state index in [2.05, 4.69) is 24.1 Å². The first kappa shape index (κ1) is 10.2. The zero-order valence-corrected chi connectivity index (χ0v) is 7.02. The SMILES string of the molecule is C=CC(=O)NCCNCCC. The Morgan fingerprint density at radius 2 is 2.18 bits per heavy atom. The molecule has 0 aromatic heterocycles. The van der Waals surface area contributed by atoms with E-state index in [9.17, 15) is 4.79 Å². The van der Waals surface area contributed by atoms with E-state index in [0.717, 1.165) is 19.5 Å². The number of carbonyl (C=O) groups excluding carboxylic acids is 1. The van der Waals surface area contributed by atoms with Crippen molar-refractivity contribution in [1.82, 2.24) is 10.6 Å². The van der Waals surface area contributed by atoms with E-state index >= 15 is 0 Å². The molecule has 3 heteroatoms. The molecule has 0 spiro atoms.